The Kier molecular flexibility index (Phi) is 6.77. The van der Waals surface area contributed by atoms with Crippen LogP contribution in [0, 0.1) is 3.57 Å². The maximum atomic E-state index is 12.9. The lowest BCUT2D eigenvalue weighted by Gasteiger charge is -2.09. The molecule has 0 aliphatic heterocycles. The number of imidazole rings is 1. The summed E-state index contributed by atoms with van der Waals surface area (Å²) in [5, 5.41) is 4.24. The minimum atomic E-state index is -0.328. The number of hydrogen-bond acceptors (Lipinski definition) is 5. The highest BCUT2D eigenvalue weighted by molar-refractivity contribution is 14.1. The highest BCUT2D eigenvalue weighted by Gasteiger charge is 2.17. The van der Waals surface area contributed by atoms with Crippen LogP contribution in [0.3, 0.4) is 0 Å². The second-order valence-corrected chi connectivity index (χ2v) is 8.72. The summed E-state index contributed by atoms with van der Waals surface area (Å²) in [6, 6.07) is 7.50. The molecule has 10 heteroatoms. The van der Waals surface area contributed by atoms with Gasteiger partial charge in [0.1, 0.15) is 23.7 Å². The number of aromatic nitrogens is 6. The Morgan fingerprint density at radius 2 is 1.75 bits per heavy atom. The molecule has 168 valence electrons. The van der Waals surface area contributed by atoms with Gasteiger partial charge in [-0.15, -0.1) is 0 Å². The average molecular weight is 548 g/mol. The highest BCUT2D eigenvalue weighted by atomic mass is 127. The molecular formula is C22H25IN6O3. The number of aromatic amines is 1. The summed E-state index contributed by atoms with van der Waals surface area (Å²) in [5.41, 5.74) is 0.937. The number of nitrogens with zero attached hydrogens (tertiary/aromatic N) is 5. The minimum Gasteiger partial charge on any atom is -0.492 e. The van der Waals surface area contributed by atoms with Crippen molar-refractivity contribution in [3.05, 3.63) is 61.1 Å². The van der Waals surface area contributed by atoms with E-state index in [0.717, 1.165) is 21.3 Å². The first-order valence-electron chi connectivity index (χ1n) is 10.7. The van der Waals surface area contributed by atoms with Crippen molar-refractivity contribution >= 4 is 33.8 Å². The summed E-state index contributed by atoms with van der Waals surface area (Å²) in [6.45, 7) is 5.99. The van der Waals surface area contributed by atoms with Crippen LogP contribution in [0.2, 0.25) is 0 Å². The van der Waals surface area contributed by atoms with E-state index in [1.807, 2.05) is 49.0 Å². The van der Waals surface area contributed by atoms with Gasteiger partial charge >= 0.3 is 5.69 Å². The van der Waals surface area contributed by atoms with Crippen molar-refractivity contribution in [2.24, 2.45) is 0 Å². The maximum Gasteiger partial charge on any atom is 0.332 e. The van der Waals surface area contributed by atoms with Crippen molar-refractivity contribution in [3.8, 4) is 17.1 Å². The van der Waals surface area contributed by atoms with Crippen LogP contribution in [-0.2, 0) is 19.6 Å². The number of nitrogens with one attached hydrogen (secondary N) is 1. The predicted molar refractivity (Wildman–Crippen MR) is 131 cm³/mol. The molecule has 0 saturated carbocycles. The van der Waals surface area contributed by atoms with Crippen LogP contribution < -0.4 is 16.0 Å². The maximum absolute atomic E-state index is 12.9. The Balaban J connectivity index is 1.59. The van der Waals surface area contributed by atoms with Gasteiger partial charge in [0, 0.05) is 24.8 Å². The fourth-order valence-corrected chi connectivity index (χ4v) is 4.02. The summed E-state index contributed by atoms with van der Waals surface area (Å²) in [5.74, 6) is 1.29. The zero-order valence-electron chi connectivity index (χ0n) is 18.0. The second kappa shape index (κ2) is 9.72. The van der Waals surface area contributed by atoms with Gasteiger partial charge in [-0.3, -0.25) is 18.6 Å². The van der Waals surface area contributed by atoms with Crippen LogP contribution in [0.15, 0.2) is 46.2 Å². The smallest absolute Gasteiger partial charge is 0.332 e. The van der Waals surface area contributed by atoms with E-state index in [9.17, 15) is 9.59 Å². The number of aryl methyl sites for hydroxylation is 1. The number of benzene rings is 1. The molecule has 4 aromatic rings. The molecule has 0 unspecified atom stereocenters. The van der Waals surface area contributed by atoms with Crippen LogP contribution in [-0.4, -0.2) is 35.5 Å². The van der Waals surface area contributed by atoms with Crippen LogP contribution in [0.4, 0.5) is 0 Å². The van der Waals surface area contributed by atoms with Gasteiger partial charge in [-0.2, -0.15) is 5.10 Å². The molecular weight excluding hydrogens is 523 g/mol. The number of fused-ring (bicyclic) bond motifs is 1. The third-order valence-electron chi connectivity index (χ3n) is 5.07. The van der Waals surface area contributed by atoms with Gasteiger partial charge in [0.15, 0.2) is 5.65 Å². The van der Waals surface area contributed by atoms with Crippen molar-refractivity contribution in [3.63, 3.8) is 0 Å². The van der Waals surface area contributed by atoms with Crippen molar-refractivity contribution in [1.82, 2.24) is 28.9 Å². The summed E-state index contributed by atoms with van der Waals surface area (Å²) >= 11 is 2.22. The fraction of sp³-hybridized carbons (Fsp3) is 0.364. The summed E-state index contributed by atoms with van der Waals surface area (Å²) in [7, 11) is 0. The Morgan fingerprint density at radius 3 is 2.41 bits per heavy atom. The van der Waals surface area contributed by atoms with E-state index < -0.39 is 0 Å². The topological polar surface area (TPSA) is 99.7 Å². The van der Waals surface area contributed by atoms with E-state index in [-0.39, 0.29) is 11.2 Å². The fourth-order valence-electron chi connectivity index (χ4n) is 3.58. The van der Waals surface area contributed by atoms with Gasteiger partial charge in [0.2, 0.25) is 0 Å². The number of H-pyrrole nitrogens is 1. The van der Waals surface area contributed by atoms with E-state index in [1.54, 1.807) is 10.8 Å². The number of rotatable bonds is 9. The lowest BCUT2D eigenvalue weighted by atomic mass is 10.2. The normalized spacial score (nSPS) is 11.3. The van der Waals surface area contributed by atoms with Gasteiger partial charge in [0.05, 0.1) is 16.3 Å². The van der Waals surface area contributed by atoms with Gasteiger partial charge in [-0.05, 0) is 59.7 Å². The van der Waals surface area contributed by atoms with Gasteiger partial charge in [-0.25, -0.2) is 9.78 Å². The SMILES string of the molecule is CCCn1c(=O)c2[nH]c(-c3ccc(OCCn4cc(I)cn4)cc3)nc2n(CCC)c1=O. The molecule has 0 fully saturated rings. The molecule has 0 saturated heterocycles. The van der Waals surface area contributed by atoms with E-state index >= 15 is 0 Å². The second-order valence-electron chi connectivity index (χ2n) is 7.47. The van der Waals surface area contributed by atoms with Gasteiger partial charge in [0.25, 0.3) is 5.56 Å². The lowest BCUT2D eigenvalue weighted by molar-refractivity contribution is 0.291. The first-order chi connectivity index (χ1) is 15.5. The summed E-state index contributed by atoms with van der Waals surface area (Å²) < 4.78 is 11.6. The van der Waals surface area contributed by atoms with Crippen molar-refractivity contribution in [2.75, 3.05) is 6.61 Å². The predicted octanol–water partition coefficient (Wildman–Crippen LogP) is 3.25. The largest absolute Gasteiger partial charge is 0.492 e. The van der Waals surface area contributed by atoms with Crippen molar-refractivity contribution in [1.29, 1.82) is 0 Å². The van der Waals surface area contributed by atoms with Gasteiger partial charge < -0.3 is 9.72 Å². The molecule has 0 bridgehead atoms. The van der Waals surface area contributed by atoms with Crippen molar-refractivity contribution < 1.29 is 4.74 Å². The molecule has 3 heterocycles. The first-order valence-corrected chi connectivity index (χ1v) is 11.7. The average Bonchev–Trinajstić information content (AvgIpc) is 3.41. The molecule has 9 nitrogen and oxygen atoms in total. The van der Waals surface area contributed by atoms with Crippen LogP contribution in [0.5, 0.6) is 5.75 Å². The Morgan fingerprint density at radius 1 is 1.03 bits per heavy atom. The molecule has 1 aromatic carbocycles. The Labute approximate surface area is 198 Å². The molecule has 1 N–H and O–H groups in total. The molecule has 0 aliphatic carbocycles. The molecule has 4 rings (SSSR count). The monoisotopic (exact) mass is 548 g/mol. The lowest BCUT2D eigenvalue weighted by Crippen LogP contribution is -2.40. The minimum absolute atomic E-state index is 0.306. The van der Waals surface area contributed by atoms with Crippen LogP contribution in [0.1, 0.15) is 26.7 Å². The third kappa shape index (κ3) is 4.50. The molecule has 0 amide bonds. The molecule has 0 radical (unpaired) electrons. The molecule has 0 atom stereocenters. The number of ether oxygens (including phenoxy) is 1. The quantitative estimate of drug-likeness (QED) is 0.324. The standard InChI is InChI=1S/C22H25IN6O3/c1-3-9-28-20-18(21(30)29(10-4-2)22(28)31)25-19(26-20)15-5-7-17(8-6-15)32-12-11-27-14-16(23)13-24-27/h5-8,13-14H,3-4,9-12H2,1-2H3,(H,25,26). The Hall–Kier alpha value is -2.89. The number of hydrogen-bond donors (Lipinski definition) is 1. The zero-order valence-corrected chi connectivity index (χ0v) is 20.2. The van der Waals surface area contributed by atoms with Gasteiger partial charge in [-0.1, -0.05) is 13.8 Å². The molecule has 3 aromatic heterocycles. The first kappa shape index (κ1) is 22.3. The van der Waals surface area contributed by atoms with E-state index in [1.165, 1.54) is 4.57 Å². The zero-order chi connectivity index (χ0) is 22.7. The van der Waals surface area contributed by atoms with Crippen LogP contribution >= 0.6 is 22.6 Å². The highest BCUT2D eigenvalue weighted by Crippen LogP contribution is 2.22. The molecule has 0 aliphatic rings. The summed E-state index contributed by atoms with van der Waals surface area (Å²) in [4.78, 5) is 33.4. The summed E-state index contributed by atoms with van der Waals surface area (Å²) in [6.07, 6.45) is 5.24. The molecule has 32 heavy (non-hydrogen) atoms. The van der Waals surface area contributed by atoms with Crippen molar-refractivity contribution in [2.45, 2.75) is 46.3 Å². The van der Waals surface area contributed by atoms with E-state index in [0.29, 0.717) is 49.7 Å². The van der Waals surface area contributed by atoms with Crippen LogP contribution in [0.25, 0.3) is 22.6 Å². The third-order valence-corrected chi connectivity index (χ3v) is 5.63. The van der Waals surface area contributed by atoms with E-state index in [2.05, 4.69) is 37.7 Å². The Bertz CT molecular complexity index is 1330. The molecule has 0 spiro atoms. The van der Waals surface area contributed by atoms with E-state index in [4.69, 9.17) is 4.74 Å². The number of halogens is 1.